The lowest BCUT2D eigenvalue weighted by atomic mass is 9.85. The number of nitriles is 1. The lowest BCUT2D eigenvalue weighted by Crippen LogP contribution is -2.15. The van der Waals surface area contributed by atoms with E-state index in [-0.39, 0.29) is 17.8 Å². The minimum absolute atomic E-state index is 0.000621. The number of nitrogens with zero attached hydrogens (tertiary/aromatic N) is 3. The van der Waals surface area contributed by atoms with Crippen LogP contribution in [-0.4, -0.2) is 11.9 Å². The van der Waals surface area contributed by atoms with Crippen LogP contribution < -0.4 is 5.43 Å². The zero-order chi connectivity index (χ0) is 17.4. The molecule has 0 saturated heterocycles. The molecule has 122 valence electrons. The van der Waals surface area contributed by atoms with E-state index in [0.29, 0.717) is 6.42 Å². The van der Waals surface area contributed by atoms with Crippen LogP contribution in [0.25, 0.3) is 0 Å². The second-order valence-electron chi connectivity index (χ2n) is 6.70. The first-order valence-electron chi connectivity index (χ1n) is 8.45. The summed E-state index contributed by atoms with van der Waals surface area (Å²) in [5, 5.41) is 13.3. The van der Waals surface area contributed by atoms with Crippen LogP contribution in [0.4, 0.5) is 5.69 Å². The van der Waals surface area contributed by atoms with Crippen molar-refractivity contribution in [2.24, 2.45) is 21.9 Å². The number of hydrogen-bond acceptors (Lipinski definition) is 4. The molecule has 3 aliphatic rings. The third kappa shape index (κ3) is 2.77. The normalized spacial score (nSPS) is 24.3. The van der Waals surface area contributed by atoms with Gasteiger partial charge in [-0.3, -0.25) is 5.43 Å². The van der Waals surface area contributed by atoms with E-state index < -0.39 is 0 Å². The van der Waals surface area contributed by atoms with Gasteiger partial charge in [-0.15, -0.1) is 0 Å². The highest BCUT2D eigenvalue weighted by Crippen LogP contribution is 2.42. The second kappa shape index (κ2) is 6.07. The molecule has 3 atom stereocenters. The van der Waals surface area contributed by atoms with Crippen molar-refractivity contribution in [3.63, 3.8) is 0 Å². The maximum Gasteiger partial charge on any atom is 0.102 e. The minimum Gasteiger partial charge on any atom is -0.282 e. The van der Waals surface area contributed by atoms with E-state index in [1.807, 2.05) is 18.2 Å². The molecule has 0 amide bonds. The zero-order valence-electron chi connectivity index (χ0n) is 14.1. The fourth-order valence-corrected chi connectivity index (χ4v) is 3.45. The maximum atomic E-state index is 9.08. The molecule has 4 heteroatoms. The Bertz CT molecular complexity index is 944. The van der Waals surface area contributed by atoms with Gasteiger partial charge in [0.25, 0.3) is 0 Å². The lowest BCUT2D eigenvalue weighted by Gasteiger charge is -2.17. The van der Waals surface area contributed by atoms with Crippen molar-refractivity contribution < 1.29 is 0 Å². The van der Waals surface area contributed by atoms with Gasteiger partial charge >= 0.3 is 0 Å². The Kier molecular flexibility index (Phi) is 3.75. The van der Waals surface area contributed by atoms with Gasteiger partial charge in [-0.25, -0.2) is 4.99 Å². The van der Waals surface area contributed by atoms with E-state index in [4.69, 9.17) is 10.3 Å². The molecule has 1 aliphatic carbocycles. The number of benzene rings is 1. The molecule has 0 fully saturated rings. The van der Waals surface area contributed by atoms with Crippen LogP contribution in [0.2, 0.25) is 0 Å². The van der Waals surface area contributed by atoms with Gasteiger partial charge in [-0.1, -0.05) is 37.6 Å². The van der Waals surface area contributed by atoms with Crippen LogP contribution in [0.15, 0.2) is 57.8 Å². The number of hydrazone groups is 1. The summed E-state index contributed by atoms with van der Waals surface area (Å²) in [5.74, 6) is 6.86. The molecule has 2 unspecified atom stereocenters. The number of fused-ring (bicyclic) bond motifs is 1. The van der Waals surface area contributed by atoms with Gasteiger partial charge in [0.15, 0.2) is 0 Å². The number of aliphatic imine (C=N–C) groups is 1. The minimum atomic E-state index is -0.000621. The topological polar surface area (TPSA) is 60.5 Å². The smallest absolute Gasteiger partial charge is 0.102 e. The first-order chi connectivity index (χ1) is 12.2. The largest absolute Gasteiger partial charge is 0.282 e. The molecule has 0 radical (unpaired) electrons. The summed E-state index contributed by atoms with van der Waals surface area (Å²) in [6, 6.07) is 10.4. The van der Waals surface area contributed by atoms with Gasteiger partial charge in [0.1, 0.15) is 5.71 Å². The summed E-state index contributed by atoms with van der Waals surface area (Å²) >= 11 is 0. The first-order valence-corrected chi connectivity index (χ1v) is 8.45. The van der Waals surface area contributed by atoms with Crippen LogP contribution in [-0.2, 0) is 0 Å². The lowest BCUT2D eigenvalue weighted by molar-refractivity contribution is 0.549. The zero-order valence-corrected chi connectivity index (χ0v) is 14.1. The molecular weight excluding hydrogens is 308 g/mol. The van der Waals surface area contributed by atoms with Crippen molar-refractivity contribution in [2.75, 3.05) is 0 Å². The molecule has 0 saturated carbocycles. The van der Waals surface area contributed by atoms with Gasteiger partial charge < -0.3 is 0 Å². The van der Waals surface area contributed by atoms with Crippen molar-refractivity contribution in [3.05, 3.63) is 53.3 Å². The molecule has 2 aliphatic heterocycles. The molecule has 0 aromatic heterocycles. The highest BCUT2D eigenvalue weighted by molar-refractivity contribution is 6.11. The molecule has 4 nitrogen and oxygen atoms in total. The number of allylic oxidation sites excluding steroid dienone is 3. The van der Waals surface area contributed by atoms with Crippen molar-refractivity contribution in [2.45, 2.75) is 25.7 Å². The van der Waals surface area contributed by atoms with E-state index >= 15 is 0 Å². The molecule has 1 aromatic carbocycles. The summed E-state index contributed by atoms with van der Waals surface area (Å²) in [5.41, 5.74) is 9.23. The van der Waals surface area contributed by atoms with E-state index in [1.165, 1.54) is 5.57 Å². The van der Waals surface area contributed by atoms with Gasteiger partial charge in [0.05, 0.1) is 29.8 Å². The van der Waals surface area contributed by atoms with Crippen molar-refractivity contribution in [1.29, 1.82) is 5.26 Å². The van der Waals surface area contributed by atoms with Crippen LogP contribution in [0.1, 0.15) is 31.2 Å². The number of hydrogen-bond donors (Lipinski definition) is 1. The van der Waals surface area contributed by atoms with Gasteiger partial charge in [0, 0.05) is 18.5 Å². The molecule has 25 heavy (non-hydrogen) atoms. The van der Waals surface area contributed by atoms with Gasteiger partial charge in [0.2, 0.25) is 0 Å². The summed E-state index contributed by atoms with van der Waals surface area (Å²) < 4.78 is 0. The van der Waals surface area contributed by atoms with Crippen molar-refractivity contribution in [3.8, 4) is 17.9 Å². The fraction of sp³-hybridized carbons (Fsp3) is 0.286. The highest BCUT2D eigenvalue weighted by Gasteiger charge is 2.36. The van der Waals surface area contributed by atoms with Gasteiger partial charge in [-0.2, -0.15) is 10.4 Å². The average molecular weight is 326 g/mol. The molecule has 0 bridgehead atoms. The Morgan fingerprint density at radius 1 is 1.44 bits per heavy atom. The van der Waals surface area contributed by atoms with Crippen LogP contribution >= 0.6 is 0 Å². The van der Waals surface area contributed by atoms with E-state index in [9.17, 15) is 0 Å². The molecule has 0 spiro atoms. The van der Waals surface area contributed by atoms with Crippen molar-refractivity contribution in [1.82, 2.24) is 5.43 Å². The Hall–Kier alpha value is -3.11. The van der Waals surface area contributed by atoms with Crippen LogP contribution in [0.5, 0.6) is 0 Å². The number of nitrogens with one attached hydrogen (secondary N) is 1. The summed E-state index contributed by atoms with van der Waals surface area (Å²) in [4.78, 5) is 4.90. The Balaban J connectivity index is 1.80. The second-order valence-corrected chi connectivity index (χ2v) is 6.70. The molecule has 1 N–H and O–H groups in total. The molecule has 4 rings (SSSR count). The Morgan fingerprint density at radius 3 is 3.12 bits per heavy atom. The third-order valence-corrected chi connectivity index (χ3v) is 4.90. The fourth-order valence-electron chi connectivity index (χ4n) is 3.45. The SMILES string of the molecule is C=C1C=NNC2=C(C2)C1C1=Nc2ccccc2C([C@@H](C)CC#N)C#C1. The summed E-state index contributed by atoms with van der Waals surface area (Å²) in [7, 11) is 0. The highest BCUT2D eigenvalue weighted by atomic mass is 15.3. The van der Waals surface area contributed by atoms with Gasteiger partial charge in [-0.05, 0) is 34.6 Å². The average Bonchev–Trinajstić information content (AvgIpc) is 3.37. The predicted molar refractivity (Wildman–Crippen MR) is 99.3 cm³/mol. The predicted octanol–water partition coefficient (Wildman–Crippen LogP) is 3.83. The number of rotatable bonds is 3. The molecule has 1 aromatic rings. The number of para-hydroxylation sites is 1. The third-order valence-electron chi connectivity index (χ3n) is 4.90. The summed E-state index contributed by atoms with van der Waals surface area (Å²) in [6.07, 6.45) is 3.15. The maximum absolute atomic E-state index is 9.08. The standard InChI is InChI=1S/C21H18N4/c1-13(9-10-22)15-7-8-19(24-18-6-4-3-5-16(15)18)21-14(2)12-23-25-20-11-17(20)21/h3-6,12-13,15,21,25H,2,9,11H2,1H3/t13-,15?,21?/m0/s1. The Labute approximate surface area is 147 Å². The monoisotopic (exact) mass is 326 g/mol. The first kappa shape index (κ1) is 15.4. The molecular formula is C21H18N4. The van der Waals surface area contributed by atoms with Crippen LogP contribution in [0, 0.1) is 35.0 Å². The Morgan fingerprint density at radius 2 is 2.28 bits per heavy atom. The van der Waals surface area contributed by atoms with E-state index in [0.717, 1.165) is 34.7 Å². The molecule has 2 heterocycles. The quantitative estimate of drug-likeness (QED) is 0.858. The van der Waals surface area contributed by atoms with E-state index in [1.54, 1.807) is 6.21 Å². The van der Waals surface area contributed by atoms with E-state index in [2.05, 4.69) is 48.0 Å². The van der Waals surface area contributed by atoms with Crippen LogP contribution in [0.3, 0.4) is 0 Å². The summed E-state index contributed by atoms with van der Waals surface area (Å²) in [6.45, 7) is 6.24. The van der Waals surface area contributed by atoms with Crippen molar-refractivity contribution >= 4 is 17.6 Å².